The standard InChI is InChI=1S/C10H13BrN2O/c1-7(12)2-10(14)4-8-3-9(11)6-13-5-8/h3,5-7H,2,4,12H2,1H3. The molecule has 1 heterocycles. The maximum Gasteiger partial charge on any atom is 0.138 e. The summed E-state index contributed by atoms with van der Waals surface area (Å²) in [5, 5.41) is 0. The van der Waals surface area contributed by atoms with E-state index < -0.39 is 0 Å². The SMILES string of the molecule is CC(N)CC(=O)Cc1cncc(Br)c1. The van der Waals surface area contributed by atoms with Crippen molar-refractivity contribution in [2.24, 2.45) is 5.73 Å². The summed E-state index contributed by atoms with van der Waals surface area (Å²) in [4.78, 5) is 15.4. The molecule has 0 saturated carbocycles. The summed E-state index contributed by atoms with van der Waals surface area (Å²) in [6.07, 6.45) is 4.23. The quantitative estimate of drug-likeness (QED) is 0.893. The van der Waals surface area contributed by atoms with E-state index >= 15 is 0 Å². The van der Waals surface area contributed by atoms with E-state index in [0.29, 0.717) is 12.8 Å². The molecular formula is C10H13BrN2O. The number of Topliss-reactive ketones (excluding diaryl/α,β-unsaturated/α-hetero) is 1. The topological polar surface area (TPSA) is 56.0 Å². The lowest BCUT2D eigenvalue weighted by molar-refractivity contribution is -0.118. The second-order valence-electron chi connectivity index (χ2n) is 3.41. The van der Waals surface area contributed by atoms with Gasteiger partial charge in [0.05, 0.1) is 0 Å². The number of nitrogens with zero attached hydrogens (tertiary/aromatic N) is 1. The lowest BCUT2D eigenvalue weighted by Crippen LogP contribution is -2.20. The van der Waals surface area contributed by atoms with Gasteiger partial charge < -0.3 is 5.73 Å². The van der Waals surface area contributed by atoms with Crippen molar-refractivity contribution < 1.29 is 4.79 Å². The Bertz CT molecular complexity index is 326. The van der Waals surface area contributed by atoms with E-state index in [9.17, 15) is 4.79 Å². The largest absolute Gasteiger partial charge is 0.328 e. The molecular weight excluding hydrogens is 244 g/mol. The van der Waals surface area contributed by atoms with E-state index in [1.807, 2.05) is 13.0 Å². The highest BCUT2D eigenvalue weighted by Gasteiger charge is 2.06. The summed E-state index contributed by atoms with van der Waals surface area (Å²) in [5.41, 5.74) is 6.45. The predicted octanol–water partition coefficient (Wildman–Crippen LogP) is 1.69. The molecule has 0 aromatic carbocycles. The van der Waals surface area contributed by atoms with Gasteiger partial charge >= 0.3 is 0 Å². The van der Waals surface area contributed by atoms with E-state index in [0.717, 1.165) is 10.0 Å². The monoisotopic (exact) mass is 256 g/mol. The van der Waals surface area contributed by atoms with Crippen LogP contribution in [0.1, 0.15) is 18.9 Å². The van der Waals surface area contributed by atoms with Crippen molar-refractivity contribution in [2.75, 3.05) is 0 Å². The molecule has 0 saturated heterocycles. The van der Waals surface area contributed by atoms with Gasteiger partial charge in [-0.25, -0.2) is 0 Å². The van der Waals surface area contributed by atoms with Crippen molar-refractivity contribution in [3.8, 4) is 0 Å². The van der Waals surface area contributed by atoms with Crippen LogP contribution in [0.4, 0.5) is 0 Å². The fraction of sp³-hybridized carbons (Fsp3) is 0.400. The van der Waals surface area contributed by atoms with Crippen molar-refractivity contribution in [3.63, 3.8) is 0 Å². The predicted molar refractivity (Wildman–Crippen MR) is 58.9 cm³/mol. The number of hydrogen-bond donors (Lipinski definition) is 1. The summed E-state index contributed by atoms with van der Waals surface area (Å²) in [6, 6.07) is 1.83. The number of ketones is 1. The van der Waals surface area contributed by atoms with Crippen molar-refractivity contribution in [3.05, 3.63) is 28.5 Å². The van der Waals surface area contributed by atoms with Crippen molar-refractivity contribution in [1.29, 1.82) is 0 Å². The van der Waals surface area contributed by atoms with E-state index in [4.69, 9.17) is 5.73 Å². The normalized spacial score (nSPS) is 12.5. The minimum atomic E-state index is -0.0670. The zero-order valence-electron chi connectivity index (χ0n) is 8.03. The Morgan fingerprint density at radius 1 is 1.64 bits per heavy atom. The zero-order chi connectivity index (χ0) is 10.6. The van der Waals surface area contributed by atoms with Gasteiger partial charge in [-0.2, -0.15) is 0 Å². The Morgan fingerprint density at radius 3 is 2.93 bits per heavy atom. The molecule has 0 aliphatic rings. The number of hydrogen-bond acceptors (Lipinski definition) is 3. The third kappa shape index (κ3) is 3.98. The summed E-state index contributed by atoms with van der Waals surface area (Å²) >= 11 is 3.30. The Labute approximate surface area is 91.8 Å². The molecule has 0 amide bonds. The number of aromatic nitrogens is 1. The molecule has 0 aliphatic carbocycles. The third-order valence-electron chi connectivity index (χ3n) is 1.71. The minimum Gasteiger partial charge on any atom is -0.328 e. The molecule has 0 spiro atoms. The highest BCUT2D eigenvalue weighted by atomic mass is 79.9. The average molecular weight is 257 g/mol. The van der Waals surface area contributed by atoms with E-state index in [2.05, 4.69) is 20.9 Å². The molecule has 76 valence electrons. The van der Waals surface area contributed by atoms with Gasteiger partial charge in [0.25, 0.3) is 0 Å². The van der Waals surface area contributed by atoms with E-state index in [-0.39, 0.29) is 11.8 Å². The van der Waals surface area contributed by atoms with Crippen molar-refractivity contribution >= 4 is 21.7 Å². The van der Waals surface area contributed by atoms with Crippen LogP contribution in [0, 0.1) is 0 Å². The van der Waals surface area contributed by atoms with Gasteiger partial charge in [0.15, 0.2) is 0 Å². The summed E-state index contributed by atoms with van der Waals surface area (Å²) in [6.45, 7) is 1.83. The maximum absolute atomic E-state index is 11.4. The first kappa shape index (κ1) is 11.3. The smallest absolute Gasteiger partial charge is 0.138 e. The van der Waals surface area contributed by atoms with Gasteiger partial charge in [-0.1, -0.05) is 0 Å². The Kier molecular flexibility index (Phi) is 4.22. The van der Waals surface area contributed by atoms with Crippen LogP contribution in [0.2, 0.25) is 0 Å². The Hall–Kier alpha value is -0.740. The van der Waals surface area contributed by atoms with E-state index in [1.165, 1.54) is 0 Å². The molecule has 4 heteroatoms. The van der Waals surface area contributed by atoms with Crippen LogP contribution in [0.3, 0.4) is 0 Å². The maximum atomic E-state index is 11.4. The summed E-state index contributed by atoms with van der Waals surface area (Å²) in [7, 11) is 0. The van der Waals surface area contributed by atoms with Crippen molar-refractivity contribution in [2.45, 2.75) is 25.8 Å². The second-order valence-corrected chi connectivity index (χ2v) is 4.32. The van der Waals surface area contributed by atoms with Gasteiger partial charge in [0.1, 0.15) is 5.78 Å². The molecule has 0 radical (unpaired) electrons. The first-order valence-corrected chi connectivity index (χ1v) is 5.24. The molecule has 14 heavy (non-hydrogen) atoms. The van der Waals surface area contributed by atoms with Crippen LogP contribution < -0.4 is 5.73 Å². The summed E-state index contributed by atoms with van der Waals surface area (Å²) < 4.78 is 0.892. The number of carbonyl (C=O) groups excluding carboxylic acids is 1. The molecule has 1 unspecified atom stereocenters. The Balaban J connectivity index is 2.56. The zero-order valence-corrected chi connectivity index (χ0v) is 9.62. The van der Waals surface area contributed by atoms with Gasteiger partial charge in [-0.3, -0.25) is 9.78 Å². The molecule has 1 atom stereocenters. The molecule has 0 bridgehead atoms. The molecule has 1 rings (SSSR count). The van der Waals surface area contributed by atoms with Crippen LogP contribution in [-0.4, -0.2) is 16.8 Å². The number of nitrogens with two attached hydrogens (primary N) is 1. The van der Waals surface area contributed by atoms with Crippen LogP contribution in [0.15, 0.2) is 22.9 Å². The minimum absolute atomic E-state index is 0.0670. The Morgan fingerprint density at radius 2 is 2.36 bits per heavy atom. The van der Waals surface area contributed by atoms with Gasteiger partial charge in [-0.15, -0.1) is 0 Å². The highest BCUT2D eigenvalue weighted by molar-refractivity contribution is 9.10. The number of rotatable bonds is 4. The van der Waals surface area contributed by atoms with Crippen LogP contribution in [0.25, 0.3) is 0 Å². The summed E-state index contributed by atoms with van der Waals surface area (Å²) in [5.74, 6) is 0.153. The van der Waals surface area contributed by atoms with Gasteiger partial charge in [0, 0.05) is 35.7 Å². The molecule has 0 aliphatic heterocycles. The number of pyridine rings is 1. The highest BCUT2D eigenvalue weighted by Crippen LogP contribution is 2.10. The lowest BCUT2D eigenvalue weighted by atomic mass is 10.1. The number of halogens is 1. The van der Waals surface area contributed by atoms with Crippen LogP contribution in [-0.2, 0) is 11.2 Å². The van der Waals surface area contributed by atoms with E-state index in [1.54, 1.807) is 12.4 Å². The van der Waals surface area contributed by atoms with Crippen molar-refractivity contribution in [1.82, 2.24) is 4.98 Å². The molecule has 0 fully saturated rings. The molecule has 1 aromatic rings. The van der Waals surface area contributed by atoms with Crippen LogP contribution in [0.5, 0.6) is 0 Å². The van der Waals surface area contributed by atoms with Gasteiger partial charge in [0.2, 0.25) is 0 Å². The second kappa shape index (κ2) is 5.22. The molecule has 2 N–H and O–H groups in total. The number of carbonyl (C=O) groups is 1. The van der Waals surface area contributed by atoms with Gasteiger partial charge in [-0.05, 0) is 34.5 Å². The fourth-order valence-electron chi connectivity index (χ4n) is 1.21. The third-order valence-corrected chi connectivity index (χ3v) is 2.15. The lowest BCUT2D eigenvalue weighted by Gasteiger charge is -2.03. The average Bonchev–Trinajstić information content (AvgIpc) is 2.01. The first-order valence-electron chi connectivity index (χ1n) is 4.44. The first-order chi connectivity index (χ1) is 6.58. The molecule has 1 aromatic heterocycles. The van der Waals surface area contributed by atoms with Crippen LogP contribution >= 0.6 is 15.9 Å². The fourth-order valence-corrected chi connectivity index (χ4v) is 1.62. The molecule has 3 nitrogen and oxygen atoms in total.